The van der Waals surface area contributed by atoms with Crippen LogP contribution in [0, 0.1) is 0 Å². The Balaban J connectivity index is 1.52. The number of nitrogens with zero attached hydrogens (tertiary/aromatic N) is 2. The quantitative estimate of drug-likeness (QED) is 0.678. The van der Waals surface area contributed by atoms with Crippen molar-refractivity contribution in [2.45, 2.75) is 32.2 Å². The van der Waals surface area contributed by atoms with Crippen LogP contribution < -0.4 is 5.32 Å². The maximum atomic E-state index is 13.0. The highest BCUT2D eigenvalue weighted by atomic mass is 32.1. The molecule has 0 bridgehead atoms. The minimum Gasteiger partial charge on any atom is -0.337 e. The fourth-order valence-electron chi connectivity index (χ4n) is 3.57. The van der Waals surface area contributed by atoms with E-state index < -0.39 is 0 Å². The summed E-state index contributed by atoms with van der Waals surface area (Å²) in [6.45, 7) is 0.481. The van der Waals surface area contributed by atoms with Gasteiger partial charge in [0, 0.05) is 18.5 Å². The van der Waals surface area contributed by atoms with Crippen molar-refractivity contribution in [2.75, 3.05) is 12.4 Å². The first kappa shape index (κ1) is 19.3. The van der Waals surface area contributed by atoms with E-state index in [4.69, 9.17) is 0 Å². The van der Waals surface area contributed by atoms with Gasteiger partial charge in [-0.3, -0.25) is 14.9 Å². The molecule has 0 saturated heterocycles. The van der Waals surface area contributed by atoms with Gasteiger partial charge >= 0.3 is 0 Å². The average molecular weight is 406 g/mol. The Bertz CT molecular complexity index is 1010. The van der Waals surface area contributed by atoms with Crippen LogP contribution in [0.1, 0.15) is 49.7 Å². The third-order valence-corrected chi connectivity index (χ3v) is 6.15. The molecule has 0 saturated carbocycles. The van der Waals surface area contributed by atoms with Gasteiger partial charge in [0.25, 0.3) is 11.8 Å². The largest absolute Gasteiger partial charge is 0.337 e. The lowest BCUT2D eigenvalue weighted by molar-refractivity contribution is 0.0780. The summed E-state index contributed by atoms with van der Waals surface area (Å²) in [5.41, 5.74) is 2.90. The molecule has 6 heteroatoms. The van der Waals surface area contributed by atoms with Crippen molar-refractivity contribution in [1.29, 1.82) is 0 Å². The van der Waals surface area contributed by atoms with Crippen molar-refractivity contribution in [3.05, 3.63) is 81.9 Å². The Kier molecular flexibility index (Phi) is 5.71. The smallest absolute Gasteiger partial charge is 0.258 e. The van der Waals surface area contributed by atoms with Crippen LogP contribution in [-0.4, -0.2) is 28.7 Å². The van der Waals surface area contributed by atoms with Gasteiger partial charge in [-0.05, 0) is 43.4 Å². The molecule has 1 aromatic heterocycles. The van der Waals surface area contributed by atoms with Crippen molar-refractivity contribution in [3.8, 4) is 0 Å². The highest BCUT2D eigenvalue weighted by Crippen LogP contribution is 2.30. The lowest BCUT2D eigenvalue weighted by Crippen LogP contribution is -2.28. The number of fused-ring (bicyclic) bond motifs is 1. The molecule has 5 nitrogen and oxygen atoms in total. The SMILES string of the molecule is CN(Cc1ccccc1)C(=O)c1ccccc1C(=O)Nc1nc2c(s1)CCCC2. The van der Waals surface area contributed by atoms with Crippen LogP contribution in [0.15, 0.2) is 54.6 Å². The van der Waals surface area contributed by atoms with E-state index in [0.717, 1.165) is 30.5 Å². The number of hydrogen-bond donors (Lipinski definition) is 1. The monoisotopic (exact) mass is 405 g/mol. The molecule has 0 spiro atoms. The molecule has 29 heavy (non-hydrogen) atoms. The second-order valence-corrected chi connectivity index (χ2v) is 8.33. The summed E-state index contributed by atoms with van der Waals surface area (Å²) < 4.78 is 0. The van der Waals surface area contributed by atoms with Crippen LogP contribution in [-0.2, 0) is 19.4 Å². The Morgan fingerprint density at radius 3 is 2.45 bits per heavy atom. The van der Waals surface area contributed by atoms with Crippen LogP contribution in [0.25, 0.3) is 0 Å². The summed E-state index contributed by atoms with van der Waals surface area (Å²) in [5, 5.41) is 3.51. The van der Waals surface area contributed by atoms with Gasteiger partial charge in [0.05, 0.1) is 16.8 Å². The fraction of sp³-hybridized carbons (Fsp3) is 0.261. The molecule has 2 amide bonds. The van der Waals surface area contributed by atoms with E-state index in [1.54, 1.807) is 47.5 Å². The molecule has 0 atom stereocenters. The first-order chi connectivity index (χ1) is 14.1. The third-order valence-electron chi connectivity index (χ3n) is 5.08. The highest BCUT2D eigenvalue weighted by molar-refractivity contribution is 7.15. The first-order valence-corrected chi connectivity index (χ1v) is 10.6. The number of anilines is 1. The summed E-state index contributed by atoms with van der Waals surface area (Å²) >= 11 is 1.54. The van der Waals surface area contributed by atoms with Gasteiger partial charge in [0.15, 0.2) is 5.13 Å². The van der Waals surface area contributed by atoms with E-state index in [9.17, 15) is 9.59 Å². The number of nitrogens with one attached hydrogen (secondary N) is 1. The normalized spacial score (nSPS) is 12.9. The van der Waals surface area contributed by atoms with Gasteiger partial charge in [0.1, 0.15) is 0 Å². The predicted molar refractivity (Wildman–Crippen MR) is 115 cm³/mol. The summed E-state index contributed by atoms with van der Waals surface area (Å²) in [6, 6.07) is 16.7. The Morgan fingerprint density at radius 1 is 1.00 bits per heavy atom. The molecule has 4 rings (SSSR count). The second-order valence-electron chi connectivity index (χ2n) is 7.24. The van der Waals surface area contributed by atoms with Gasteiger partial charge in [-0.25, -0.2) is 4.98 Å². The molecule has 1 N–H and O–H groups in total. The molecular formula is C23H23N3O2S. The van der Waals surface area contributed by atoms with Gasteiger partial charge in [-0.2, -0.15) is 0 Å². The Labute approximate surface area is 174 Å². The lowest BCUT2D eigenvalue weighted by Gasteiger charge is -2.19. The average Bonchev–Trinajstić information content (AvgIpc) is 3.16. The van der Waals surface area contributed by atoms with Crippen molar-refractivity contribution in [2.24, 2.45) is 0 Å². The van der Waals surface area contributed by atoms with E-state index in [2.05, 4.69) is 10.3 Å². The summed E-state index contributed by atoms with van der Waals surface area (Å²) in [5.74, 6) is -0.480. The number of carbonyl (C=O) groups is 2. The van der Waals surface area contributed by atoms with E-state index in [1.165, 1.54) is 11.3 Å². The van der Waals surface area contributed by atoms with Gasteiger partial charge in [-0.15, -0.1) is 11.3 Å². The fourth-order valence-corrected chi connectivity index (χ4v) is 4.62. The predicted octanol–water partition coefficient (Wildman–Crippen LogP) is 4.55. The molecule has 0 fully saturated rings. The van der Waals surface area contributed by atoms with Crippen LogP contribution in [0.4, 0.5) is 5.13 Å². The third kappa shape index (κ3) is 4.38. The molecule has 2 aromatic carbocycles. The van der Waals surface area contributed by atoms with Crippen molar-refractivity contribution in [3.63, 3.8) is 0 Å². The zero-order valence-electron chi connectivity index (χ0n) is 16.4. The number of benzene rings is 2. The molecule has 1 aliphatic rings. The molecule has 3 aromatic rings. The topological polar surface area (TPSA) is 62.3 Å². The molecule has 0 radical (unpaired) electrons. The van der Waals surface area contributed by atoms with Crippen molar-refractivity contribution in [1.82, 2.24) is 9.88 Å². The number of aryl methyl sites for hydroxylation is 2. The molecular weight excluding hydrogens is 382 g/mol. The molecule has 1 aliphatic carbocycles. The minimum atomic E-state index is -0.298. The number of carbonyl (C=O) groups excluding carboxylic acids is 2. The van der Waals surface area contributed by atoms with Gasteiger partial charge in [-0.1, -0.05) is 42.5 Å². The van der Waals surface area contributed by atoms with Crippen LogP contribution >= 0.6 is 11.3 Å². The lowest BCUT2D eigenvalue weighted by atomic mass is 10.0. The standard InChI is InChI=1S/C23H23N3O2S/c1-26(15-16-9-3-2-4-10-16)22(28)18-12-6-5-11-17(18)21(27)25-23-24-19-13-7-8-14-20(19)29-23/h2-6,9-12H,7-8,13-15H2,1H3,(H,24,25,27). The summed E-state index contributed by atoms with van der Waals surface area (Å²) in [6.07, 6.45) is 4.33. The highest BCUT2D eigenvalue weighted by Gasteiger charge is 2.22. The van der Waals surface area contributed by atoms with E-state index >= 15 is 0 Å². The van der Waals surface area contributed by atoms with Crippen LogP contribution in [0.2, 0.25) is 0 Å². The van der Waals surface area contributed by atoms with E-state index in [0.29, 0.717) is 22.8 Å². The Morgan fingerprint density at radius 2 is 1.69 bits per heavy atom. The zero-order valence-corrected chi connectivity index (χ0v) is 17.2. The Hall–Kier alpha value is -2.99. The molecule has 0 unspecified atom stereocenters. The van der Waals surface area contributed by atoms with Crippen LogP contribution in [0.5, 0.6) is 0 Å². The maximum absolute atomic E-state index is 13.0. The summed E-state index contributed by atoms with van der Waals surface area (Å²) in [7, 11) is 1.75. The van der Waals surface area contributed by atoms with Gasteiger partial charge in [0.2, 0.25) is 0 Å². The van der Waals surface area contributed by atoms with Gasteiger partial charge < -0.3 is 4.90 Å². The number of rotatable bonds is 5. The van der Waals surface area contributed by atoms with E-state index in [1.807, 2.05) is 30.3 Å². The van der Waals surface area contributed by atoms with Crippen molar-refractivity contribution < 1.29 is 9.59 Å². The number of aromatic nitrogens is 1. The minimum absolute atomic E-state index is 0.182. The van der Waals surface area contributed by atoms with E-state index in [-0.39, 0.29) is 11.8 Å². The molecule has 0 aliphatic heterocycles. The molecule has 1 heterocycles. The maximum Gasteiger partial charge on any atom is 0.258 e. The summed E-state index contributed by atoms with van der Waals surface area (Å²) in [4.78, 5) is 33.4. The first-order valence-electron chi connectivity index (χ1n) is 9.80. The van der Waals surface area contributed by atoms with Crippen molar-refractivity contribution >= 4 is 28.3 Å². The zero-order chi connectivity index (χ0) is 20.2. The number of amides is 2. The molecule has 148 valence electrons. The number of thiazole rings is 1. The van der Waals surface area contributed by atoms with Crippen LogP contribution in [0.3, 0.4) is 0 Å². The number of hydrogen-bond acceptors (Lipinski definition) is 4. The second kappa shape index (κ2) is 8.57.